The van der Waals surface area contributed by atoms with Gasteiger partial charge in [0.2, 0.25) is 0 Å². The van der Waals surface area contributed by atoms with Crippen molar-refractivity contribution >= 4 is 11.9 Å². The first-order valence-electron chi connectivity index (χ1n) is 13.2. The molecule has 8 heteroatoms. The molecule has 3 fully saturated rings. The van der Waals surface area contributed by atoms with Crippen molar-refractivity contribution in [2.45, 2.75) is 24.0 Å². The zero-order chi connectivity index (χ0) is 28.6. The van der Waals surface area contributed by atoms with E-state index in [0.717, 1.165) is 0 Å². The smallest absolute Gasteiger partial charge is 0.325 e. The lowest BCUT2D eigenvalue weighted by Crippen LogP contribution is -2.44. The van der Waals surface area contributed by atoms with Crippen LogP contribution in [0.1, 0.15) is 35.1 Å². The molecule has 0 aromatic heterocycles. The molecule has 4 nitrogen and oxygen atoms in total. The van der Waals surface area contributed by atoms with Crippen molar-refractivity contribution in [3.63, 3.8) is 0 Å². The Morgan fingerprint density at radius 1 is 0.463 bits per heavy atom. The van der Waals surface area contributed by atoms with Crippen LogP contribution in [0.25, 0.3) is 0 Å². The third-order valence-electron chi connectivity index (χ3n) is 9.10. The summed E-state index contributed by atoms with van der Waals surface area (Å²) in [6.07, 6.45) is 0.648. The fraction of sp³-hybridized carbons (Fsp3) is 0.212. The minimum atomic E-state index is -1.80. The molecule has 3 atom stereocenters. The van der Waals surface area contributed by atoms with Crippen LogP contribution in [0.5, 0.6) is 0 Å². The van der Waals surface area contributed by atoms with Gasteiger partial charge in [0, 0.05) is 34.1 Å². The molecule has 2 unspecified atom stereocenters. The van der Waals surface area contributed by atoms with Crippen molar-refractivity contribution in [1.29, 1.82) is 0 Å². The van der Waals surface area contributed by atoms with Crippen LogP contribution in [-0.4, -0.2) is 11.9 Å². The molecule has 1 aliphatic carbocycles. The Hall–Kier alpha value is -4.46. The van der Waals surface area contributed by atoms with Gasteiger partial charge in [-0.15, -0.1) is 0 Å². The first-order chi connectivity index (χ1) is 19.7. The Morgan fingerprint density at radius 3 is 0.951 bits per heavy atom. The number of halogens is 4. The first-order valence-corrected chi connectivity index (χ1v) is 13.2. The van der Waals surface area contributed by atoms with Gasteiger partial charge in [-0.1, -0.05) is 48.5 Å². The minimum absolute atomic E-state index is 0.324. The number of hydrogen-bond acceptors (Lipinski definition) is 4. The lowest BCUT2D eigenvalue weighted by molar-refractivity contribution is -0.161. The zero-order valence-corrected chi connectivity index (χ0v) is 21.5. The summed E-state index contributed by atoms with van der Waals surface area (Å²) in [5.41, 5.74) is -3.19. The molecule has 2 saturated heterocycles. The summed E-state index contributed by atoms with van der Waals surface area (Å²) in [7, 11) is 0. The zero-order valence-electron chi connectivity index (χ0n) is 21.5. The minimum Gasteiger partial charge on any atom is -0.448 e. The summed E-state index contributed by atoms with van der Waals surface area (Å²) >= 11 is 0. The second kappa shape index (κ2) is 8.77. The summed E-state index contributed by atoms with van der Waals surface area (Å²) < 4.78 is 68.6. The number of rotatable bonds is 4. The van der Waals surface area contributed by atoms with Gasteiger partial charge in [-0.25, -0.2) is 17.6 Å². The molecule has 4 aromatic rings. The predicted molar refractivity (Wildman–Crippen MR) is 138 cm³/mol. The monoisotopic (exact) mass is 558 g/mol. The van der Waals surface area contributed by atoms with Crippen LogP contribution in [0.2, 0.25) is 0 Å². The molecule has 7 rings (SSSR count). The SMILES string of the molecule is O=C1OC(c2ccc(F)cc2)(c2ccc(F)cc2)C2CC[C@H]3C(c4ccc(F)cc4)(c4ccc(F)cc4)OC(=O)C123. The second-order valence-corrected chi connectivity index (χ2v) is 10.8. The van der Waals surface area contributed by atoms with Crippen LogP contribution in [-0.2, 0) is 30.3 Å². The molecular formula is C33H22F4O4. The van der Waals surface area contributed by atoms with Crippen LogP contribution < -0.4 is 0 Å². The van der Waals surface area contributed by atoms with E-state index in [1.165, 1.54) is 97.1 Å². The van der Waals surface area contributed by atoms with Gasteiger partial charge >= 0.3 is 11.9 Å². The quantitative estimate of drug-likeness (QED) is 0.162. The number of carbonyl (C=O) groups is 2. The molecule has 2 heterocycles. The number of ether oxygens (including phenoxy) is 2. The highest BCUT2D eigenvalue weighted by Gasteiger charge is 2.82. The topological polar surface area (TPSA) is 52.6 Å². The Balaban J connectivity index is 1.48. The van der Waals surface area contributed by atoms with Gasteiger partial charge in [0.1, 0.15) is 23.3 Å². The van der Waals surface area contributed by atoms with E-state index in [9.17, 15) is 27.2 Å². The molecule has 0 amide bonds. The lowest BCUT2D eigenvalue weighted by Gasteiger charge is -2.35. The van der Waals surface area contributed by atoms with E-state index < -0.39 is 63.7 Å². The Bertz CT molecular complexity index is 1450. The lowest BCUT2D eigenvalue weighted by atomic mass is 9.61. The molecule has 4 aromatic carbocycles. The summed E-state index contributed by atoms with van der Waals surface area (Å²) in [6.45, 7) is 0. The highest BCUT2D eigenvalue weighted by molar-refractivity contribution is 6.06. The van der Waals surface area contributed by atoms with Crippen LogP contribution in [0, 0.1) is 40.5 Å². The normalized spacial score (nSPS) is 25.4. The molecule has 3 aliphatic rings. The summed E-state index contributed by atoms with van der Waals surface area (Å²) in [4.78, 5) is 28.5. The maximum atomic E-state index is 14.2. The molecule has 206 valence electrons. The number of cyclic esters (lactones) is 2. The van der Waals surface area contributed by atoms with Crippen molar-refractivity contribution in [2.24, 2.45) is 17.3 Å². The van der Waals surface area contributed by atoms with Gasteiger partial charge in [0.05, 0.1) is 0 Å². The maximum Gasteiger partial charge on any atom is 0.325 e. The number of benzene rings is 4. The fourth-order valence-electron chi connectivity index (χ4n) is 7.50. The molecule has 0 bridgehead atoms. The largest absolute Gasteiger partial charge is 0.448 e. The van der Waals surface area contributed by atoms with Gasteiger partial charge < -0.3 is 9.47 Å². The van der Waals surface area contributed by atoms with Crippen molar-refractivity contribution < 1.29 is 36.6 Å². The maximum absolute atomic E-state index is 14.2. The van der Waals surface area contributed by atoms with E-state index in [4.69, 9.17) is 9.47 Å². The number of hydrogen-bond donors (Lipinski definition) is 0. The second-order valence-electron chi connectivity index (χ2n) is 10.8. The van der Waals surface area contributed by atoms with E-state index in [-0.39, 0.29) is 0 Å². The van der Waals surface area contributed by atoms with Gasteiger partial charge in [-0.05, 0) is 61.4 Å². The third kappa shape index (κ3) is 3.27. The van der Waals surface area contributed by atoms with Gasteiger partial charge in [-0.2, -0.15) is 0 Å². The van der Waals surface area contributed by atoms with Crippen molar-refractivity contribution in [2.75, 3.05) is 0 Å². The molecule has 2 aliphatic heterocycles. The van der Waals surface area contributed by atoms with E-state index >= 15 is 0 Å². The first kappa shape index (κ1) is 25.5. The van der Waals surface area contributed by atoms with Crippen LogP contribution in [0.4, 0.5) is 17.6 Å². The van der Waals surface area contributed by atoms with Crippen LogP contribution in [0.3, 0.4) is 0 Å². The highest BCUT2D eigenvalue weighted by Crippen LogP contribution is 2.72. The fourth-order valence-corrected chi connectivity index (χ4v) is 7.50. The van der Waals surface area contributed by atoms with Crippen molar-refractivity contribution in [3.05, 3.63) is 143 Å². The Morgan fingerprint density at radius 2 is 0.707 bits per heavy atom. The Kier molecular flexibility index (Phi) is 5.45. The standard InChI is InChI=1S/C33H22F4O4/c34-23-9-1-19(2-10-23)32(20-3-11-24(35)12-4-20)27-17-18-28-31(27,29(38)40-32)30(39)41-33(28,21-5-13-25(36)14-6-21)22-7-15-26(37)16-8-22/h1-16,27-28H,17-18H2/t27-,28?,31?/m1/s1. The van der Waals surface area contributed by atoms with Crippen LogP contribution >= 0.6 is 0 Å². The van der Waals surface area contributed by atoms with E-state index in [0.29, 0.717) is 35.1 Å². The molecule has 0 N–H and O–H groups in total. The third-order valence-corrected chi connectivity index (χ3v) is 9.10. The summed E-state index contributed by atoms with van der Waals surface area (Å²) in [5.74, 6) is -5.24. The van der Waals surface area contributed by atoms with E-state index in [1.54, 1.807) is 0 Å². The number of esters is 2. The summed E-state index contributed by atoms with van der Waals surface area (Å²) in [6, 6.07) is 21.8. The average molecular weight is 559 g/mol. The molecule has 1 spiro atoms. The van der Waals surface area contributed by atoms with Crippen molar-refractivity contribution in [3.8, 4) is 0 Å². The van der Waals surface area contributed by atoms with Gasteiger partial charge in [0.25, 0.3) is 0 Å². The molecular weight excluding hydrogens is 536 g/mol. The van der Waals surface area contributed by atoms with E-state index in [2.05, 4.69) is 0 Å². The molecule has 0 radical (unpaired) electrons. The van der Waals surface area contributed by atoms with Gasteiger partial charge in [0.15, 0.2) is 16.6 Å². The summed E-state index contributed by atoms with van der Waals surface area (Å²) in [5, 5.41) is 0. The van der Waals surface area contributed by atoms with Gasteiger partial charge in [-0.3, -0.25) is 9.59 Å². The molecule has 1 saturated carbocycles. The molecule has 41 heavy (non-hydrogen) atoms. The predicted octanol–water partition coefficient (Wildman–Crippen LogP) is 6.56. The number of carbonyl (C=O) groups excluding carboxylic acids is 2. The van der Waals surface area contributed by atoms with Crippen molar-refractivity contribution in [1.82, 2.24) is 0 Å². The average Bonchev–Trinajstić information content (AvgIpc) is 3.58. The Labute approximate surface area is 232 Å². The van der Waals surface area contributed by atoms with E-state index in [1.807, 2.05) is 0 Å². The van der Waals surface area contributed by atoms with Crippen LogP contribution in [0.15, 0.2) is 97.1 Å². The highest BCUT2D eigenvalue weighted by atomic mass is 19.1.